The van der Waals surface area contributed by atoms with E-state index in [0.29, 0.717) is 18.1 Å². The topological polar surface area (TPSA) is 21.3 Å². The van der Waals surface area contributed by atoms with Crippen LogP contribution in [0.1, 0.15) is 47.0 Å². The molecule has 1 saturated carbocycles. The van der Waals surface area contributed by atoms with E-state index in [1.165, 1.54) is 19.3 Å². The third kappa shape index (κ3) is 4.52. The van der Waals surface area contributed by atoms with E-state index in [0.717, 1.165) is 19.1 Å². The molecule has 3 atom stereocenters. The molecular formula is C13H27NO. The maximum Gasteiger partial charge on any atom is 0.0730 e. The number of likely N-dealkylation sites (N-methyl/N-ethyl adjacent to an activating group) is 1. The van der Waals surface area contributed by atoms with Gasteiger partial charge in [-0.2, -0.15) is 0 Å². The number of hydrogen-bond acceptors (Lipinski definition) is 2. The van der Waals surface area contributed by atoms with Gasteiger partial charge in [-0.05, 0) is 37.6 Å². The molecule has 1 fully saturated rings. The van der Waals surface area contributed by atoms with Crippen LogP contribution in [0.15, 0.2) is 0 Å². The van der Waals surface area contributed by atoms with Crippen LogP contribution in [0, 0.1) is 11.8 Å². The Hall–Kier alpha value is -0.0800. The van der Waals surface area contributed by atoms with Crippen molar-refractivity contribution in [1.29, 1.82) is 0 Å². The van der Waals surface area contributed by atoms with Crippen molar-refractivity contribution >= 4 is 0 Å². The first kappa shape index (κ1) is 13.0. The molecule has 0 aromatic rings. The van der Waals surface area contributed by atoms with E-state index in [1.807, 2.05) is 0 Å². The van der Waals surface area contributed by atoms with Gasteiger partial charge < -0.3 is 10.1 Å². The highest BCUT2D eigenvalue weighted by Gasteiger charge is 2.28. The Kier molecular flexibility index (Phi) is 5.62. The molecule has 15 heavy (non-hydrogen) atoms. The van der Waals surface area contributed by atoms with Crippen molar-refractivity contribution in [2.24, 2.45) is 11.8 Å². The minimum absolute atomic E-state index is 0.441. The van der Waals surface area contributed by atoms with Gasteiger partial charge in [0.25, 0.3) is 0 Å². The van der Waals surface area contributed by atoms with Gasteiger partial charge in [0.15, 0.2) is 0 Å². The molecule has 0 aromatic carbocycles. The fraction of sp³-hybridized carbons (Fsp3) is 1.00. The molecule has 0 aliphatic heterocycles. The lowest BCUT2D eigenvalue weighted by atomic mass is 9.85. The van der Waals surface area contributed by atoms with Crippen LogP contribution in [0.3, 0.4) is 0 Å². The fourth-order valence-corrected chi connectivity index (χ4v) is 2.32. The van der Waals surface area contributed by atoms with Crippen LogP contribution in [-0.2, 0) is 4.74 Å². The second-order valence-corrected chi connectivity index (χ2v) is 5.35. The summed E-state index contributed by atoms with van der Waals surface area (Å²) in [5.41, 5.74) is 0. The average Bonchev–Trinajstić information content (AvgIpc) is 2.18. The van der Waals surface area contributed by atoms with Crippen LogP contribution in [0.5, 0.6) is 0 Å². The van der Waals surface area contributed by atoms with Crippen molar-refractivity contribution in [1.82, 2.24) is 5.32 Å². The van der Waals surface area contributed by atoms with Gasteiger partial charge in [0.2, 0.25) is 0 Å². The average molecular weight is 213 g/mol. The van der Waals surface area contributed by atoms with Crippen LogP contribution in [0.25, 0.3) is 0 Å². The minimum Gasteiger partial charge on any atom is -0.376 e. The Bertz CT molecular complexity index is 170. The maximum absolute atomic E-state index is 6.02. The van der Waals surface area contributed by atoms with Gasteiger partial charge in [0, 0.05) is 12.6 Å². The summed E-state index contributed by atoms with van der Waals surface area (Å²) >= 11 is 0. The third-order valence-corrected chi connectivity index (χ3v) is 3.16. The van der Waals surface area contributed by atoms with Crippen LogP contribution in [0.4, 0.5) is 0 Å². The van der Waals surface area contributed by atoms with Crippen molar-refractivity contribution in [3.8, 4) is 0 Å². The molecule has 0 saturated heterocycles. The molecule has 3 unspecified atom stereocenters. The molecule has 1 N–H and O–H groups in total. The van der Waals surface area contributed by atoms with Crippen LogP contribution in [-0.4, -0.2) is 25.3 Å². The lowest BCUT2D eigenvalue weighted by molar-refractivity contribution is -0.0186. The van der Waals surface area contributed by atoms with Gasteiger partial charge in [-0.15, -0.1) is 0 Å². The van der Waals surface area contributed by atoms with E-state index in [2.05, 4.69) is 33.0 Å². The lowest BCUT2D eigenvalue weighted by Crippen LogP contribution is -2.45. The molecule has 0 amide bonds. The number of ether oxygens (including phenoxy) is 1. The minimum atomic E-state index is 0.441. The molecular weight excluding hydrogens is 186 g/mol. The van der Waals surface area contributed by atoms with E-state index in [1.54, 1.807) is 0 Å². The second kappa shape index (κ2) is 6.49. The maximum atomic E-state index is 6.02. The highest BCUT2D eigenvalue weighted by molar-refractivity contribution is 4.84. The number of rotatable bonds is 5. The van der Waals surface area contributed by atoms with E-state index < -0.39 is 0 Å². The molecule has 0 spiro atoms. The van der Waals surface area contributed by atoms with E-state index in [9.17, 15) is 0 Å². The molecule has 1 aliphatic rings. The molecule has 0 aromatic heterocycles. The predicted octanol–water partition coefficient (Wildman–Crippen LogP) is 2.83. The first-order valence-electron chi connectivity index (χ1n) is 6.48. The summed E-state index contributed by atoms with van der Waals surface area (Å²) in [4.78, 5) is 0. The zero-order valence-electron chi connectivity index (χ0n) is 10.8. The number of nitrogens with one attached hydrogen (secondary N) is 1. The molecule has 2 nitrogen and oxygen atoms in total. The van der Waals surface area contributed by atoms with Crippen LogP contribution >= 0.6 is 0 Å². The summed E-state index contributed by atoms with van der Waals surface area (Å²) in [5.74, 6) is 1.47. The highest BCUT2D eigenvalue weighted by Crippen LogP contribution is 2.26. The summed E-state index contributed by atoms with van der Waals surface area (Å²) < 4.78 is 6.02. The molecule has 90 valence electrons. The molecule has 2 heteroatoms. The molecule has 1 aliphatic carbocycles. The quantitative estimate of drug-likeness (QED) is 0.758. The van der Waals surface area contributed by atoms with Crippen molar-refractivity contribution in [3.63, 3.8) is 0 Å². The summed E-state index contributed by atoms with van der Waals surface area (Å²) in [6, 6.07) is 0.588. The Balaban J connectivity index is 2.39. The van der Waals surface area contributed by atoms with Gasteiger partial charge >= 0.3 is 0 Å². The zero-order chi connectivity index (χ0) is 11.3. The van der Waals surface area contributed by atoms with Gasteiger partial charge in [0.1, 0.15) is 0 Å². The molecule has 0 radical (unpaired) electrons. The predicted molar refractivity (Wildman–Crippen MR) is 65.1 cm³/mol. The zero-order valence-corrected chi connectivity index (χ0v) is 10.8. The van der Waals surface area contributed by atoms with Crippen LogP contribution < -0.4 is 5.32 Å². The smallest absolute Gasteiger partial charge is 0.0730 e. The summed E-state index contributed by atoms with van der Waals surface area (Å²) in [5, 5.41) is 3.55. The lowest BCUT2D eigenvalue weighted by Gasteiger charge is -2.35. The Morgan fingerprint density at radius 2 is 2.07 bits per heavy atom. The molecule has 0 heterocycles. The first-order chi connectivity index (χ1) is 7.13. The third-order valence-electron chi connectivity index (χ3n) is 3.16. The van der Waals surface area contributed by atoms with Gasteiger partial charge in [-0.1, -0.05) is 27.7 Å². The van der Waals surface area contributed by atoms with E-state index in [-0.39, 0.29) is 0 Å². The highest BCUT2D eigenvalue weighted by atomic mass is 16.5. The molecule has 0 bridgehead atoms. The second-order valence-electron chi connectivity index (χ2n) is 5.35. The first-order valence-corrected chi connectivity index (χ1v) is 6.48. The van der Waals surface area contributed by atoms with Crippen molar-refractivity contribution < 1.29 is 4.74 Å². The molecule has 1 rings (SSSR count). The van der Waals surface area contributed by atoms with Crippen LogP contribution in [0.2, 0.25) is 0 Å². The van der Waals surface area contributed by atoms with E-state index >= 15 is 0 Å². The van der Waals surface area contributed by atoms with E-state index in [4.69, 9.17) is 4.74 Å². The summed E-state index contributed by atoms with van der Waals surface area (Å²) in [6.07, 6.45) is 4.29. The Morgan fingerprint density at radius 1 is 1.33 bits per heavy atom. The van der Waals surface area contributed by atoms with Gasteiger partial charge in [-0.25, -0.2) is 0 Å². The van der Waals surface area contributed by atoms with Crippen molar-refractivity contribution in [3.05, 3.63) is 0 Å². The standard InChI is InChI=1S/C13H27NO/c1-5-14-12-7-6-11(4)8-13(12)15-9-10(2)3/h10-14H,5-9H2,1-4H3. The summed E-state index contributed by atoms with van der Waals surface area (Å²) in [7, 11) is 0. The summed E-state index contributed by atoms with van der Waals surface area (Å²) in [6.45, 7) is 10.9. The van der Waals surface area contributed by atoms with Crippen molar-refractivity contribution in [2.45, 2.75) is 59.1 Å². The van der Waals surface area contributed by atoms with Gasteiger partial charge in [0.05, 0.1) is 6.10 Å². The Morgan fingerprint density at radius 3 is 2.67 bits per heavy atom. The number of hydrogen-bond donors (Lipinski definition) is 1. The largest absolute Gasteiger partial charge is 0.376 e. The van der Waals surface area contributed by atoms with Gasteiger partial charge in [-0.3, -0.25) is 0 Å². The normalized spacial score (nSPS) is 32.2. The van der Waals surface area contributed by atoms with Crippen molar-refractivity contribution in [2.75, 3.05) is 13.2 Å². The fourth-order valence-electron chi connectivity index (χ4n) is 2.32. The SMILES string of the molecule is CCNC1CCC(C)CC1OCC(C)C. The monoisotopic (exact) mass is 213 g/mol. The Labute approximate surface area is 94.8 Å².